The van der Waals surface area contributed by atoms with Crippen LogP contribution in [0.4, 0.5) is 0 Å². The van der Waals surface area contributed by atoms with Gasteiger partial charge in [0.25, 0.3) is 5.56 Å². The molecule has 0 aliphatic heterocycles. The number of Topliss-reactive ketones (excluding diaryl/α,β-unsaturated/α-hetero) is 1. The average Bonchev–Trinajstić information content (AvgIpc) is 2.64. The van der Waals surface area contributed by atoms with Crippen molar-refractivity contribution in [3.05, 3.63) is 74.5 Å². The zero-order valence-corrected chi connectivity index (χ0v) is 16.1. The number of aromatic nitrogens is 2. The number of nitrogens with zero attached hydrogens (tertiary/aromatic N) is 2. The smallest absolute Gasteiger partial charge is 0.278 e. The highest BCUT2D eigenvalue weighted by molar-refractivity contribution is 6.31. The van der Waals surface area contributed by atoms with Crippen LogP contribution in [-0.2, 0) is 6.54 Å². The summed E-state index contributed by atoms with van der Waals surface area (Å²) in [6, 6.07) is 14.0. The first kappa shape index (κ1) is 19.3. The second kappa shape index (κ2) is 8.05. The molecule has 0 aliphatic rings. The van der Waals surface area contributed by atoms with E-state index in [9.17, 15) is 9.59 Å². The third-order valence-corrected chi connectivity index (χ3v) is 4.60. The van der Waals surface area contributed by atoms with Crippen LogP contribution in [0.15, 0.2) is 53.3 Å². The van der Waals surface area contributed by atoms with Gasteiger partial charge in [-0.3, -0.25) is 9.59 Å². The molecule has 5 nitrogen and oxygen atoms in total. The lowest BCUT2D eigenvalue weighted by atomic mass is 9.94. The molecule has 3 aromatic rings. The molecule has 0 fully saturated rings. The van der Waals surface area contributed by atoms with Crippen molar-refractivity contribution in [3.63, 3.8) is 0 Å². The molecule has 0 atom stereocenters. The van der Waals surface area contributed by atoms with Crippen LogP contribution >= 0.6 is 23.2 Å². The summed E-state index contributed by atoms with van der Waals surface area (Å²) in [7, 11) is 0. The standard InChI is InChI=1S/C20H17Cl2N3O2/c1-12(26)17-18(13-2-6-15(21)7-3-13)19(14-4-8-16(22)9-5-14)24-25(11-10-23)20(17)27/h2-9H,10-11,23H2,1H3. The van der Waals surface area contributed by atoms with Crippen LogP contribution in [-0.4, -0.2) is 22.1 Å². The van der Waals surface area contributed by atoms with E-state index >= 15 is 0 Å². The van der Waals surface area contributed by atoms with Crippen LogP contribution in [0.5, 0.6) is 0 Å². The summed E-state index contributed by atoms with van der Waals surface area (Å²) in [6.45, 7) is 1.81. The van der Waals surface area contributed by atoms with Crippen molar-refractivity contribution in [1.82, 2.24) is 9.78 Å². The topological polar surface area (TPSA) is 78.0 Å². The third kappa shape index (κ3) is 3.95. The number of carbonyl (C=O) groups excluding carboxylic acids is 1. The van der Waals surface area contributed by atoms with E-state index in [1.165, 1.54) is 11.6 Å². The summed E-state index contributed by atoms with van der Waals surface area (Å²) in [6.07, 6.45) is 0. The van der Waals surface area contributed by atoms with Crippen LogP contribution in [0.3, 0.4) is 0 Å². The van der Waals surface area contributed by atoms with Crippen molar-refractivity contribution < 1.29 is 4.79 Å². The summed E-state index contributed by atoms with van der Waals surface area (Å²) < 4.78 is 1.24. The van der Waals surface area contributed by atoms with E-state index < -0.39 is 5.56 Å². The molecule has 0 aliphatic carbocycles. The van der Waals surface area contributed by atoms with Crippen molar-refractivity contribution in [2.24, 2.45) is 5.73 Å². The van der Waals surface area contributed by atoms with Gasteiger partial charge in [0.2, 0.25) is 0 Å². The van der Waals surface area contributed by atoms with Gasteiger partial charge in [-0.1, -0.05) is 47.5 Å². The Morgan fingerprint density at radius 1 is 1.00 bits per heavy atom. The zero-order chi connectivity index (χ0) is 19.6. The fourth-order valence-electron chi connectivity index (χ4n) is 2.88. The van der Waals surface area contributed by atoms with Crippen LogP contribution in [0, 0.1) is 0 Å². The Labute approximate surface area is 166 Å². The molecule has 0 amide bonds. The van der Waals surface area contributed by atoms with E-state index in [1.807, 2.05) is 0 Å². The van der Waals surface area contributed by atoms with Crippen molar-refractivity contribution in [3.8, 4) is 22.4 Å². The van der Waals surface area contributed by atoms with Crippen molar-refractivity contribution in [2.75, 3.05) is 6.54 Å². The number of benzene rings is 2. The average molecular weight is 402 g/mol. The van der Waals surface area contributed by atoms with Crippen molar-refractivity contribution in [1.29, 1.82) is 0 Å². The van der Waals surface area contributed by atoms with Crippen molar-refractivity contribution >= 4 is 29.0 Å². The van der Waals surface area contributed by atoms with Crippen LogP contribution in [0.1, 0.15) is 17.3 Å². The Hall–Kier alpha value is -2.47. The lowest BCUT2D eigenvalue weighted by molar-refractivity contribution is 0.101. The number of ketones is 1. The summed E-state index contributed by atoms with van der Waals surface area (Å²) in [4.78, 5) is 25.3. The van der Waals surface area contributed by atoms with E-state index in [4.69, 9.17) is 28.9 Å². The highest BCUT2D eigenvalue weighted by Gasteiger charge is 2.22. The Kier molecular flexibility index (Phi) is 5.75. The molecule has 138 valence electrons. The minimum atomic E-state index is -0.462. The second-order valence-corrected chi connectivity index (χ2v) is 6.86. The lowest BCUT2D eigenvalue weighted by Gasteiger charge is -2.16. The quantitative estimate of drug-likeness (QED) is 0.654. The Balaban J connectivity index is 2.41. The van der Waals surface area contributed by atoms with Gasteiger partial charge in [0, 0.05) is 27.7 Å². The monoisotopic (exact) mass is 401 g/mol. The Morgan fingerprint density at radius 2 is 1.52 bits per heavy atom. The Bertz CT molecular complexity index is 1040. The summed E-state index contributed by atoms with van der Waals surface area (Å²) in [5, 5.41) is 5.63. The molecule has 2 aromatic carbocycles. The minimum Gasteiger partial charge on any atom is -0.329 e. The molecule has 0 saturated carbocycles. The normalized spacial score (nSPS) is 10.8. The lowest BCUT2D eigenvalue weighted by Crippen LogP contribution is -2.32. The predicted molar refractivity (Wildman–Crippen MR) is 108 cm³/mol. The molecule has 1 heterocycles. The Morgan fingerprint density at radius 3 is 2.00 bits per heavy atom. The predicted octanol–water partition coefficient (Wildman–Crippen LogP) is 4.05. The molecule has 0 unspecified atom stereocenters. The fourth-order valence-corrected chi connectivity index (χ4v) is 3.13. The molecule has 2 N–H and O–H groups in total. The summed E-state index contributed by atoms with van der Waals surface area (Å²) >= 11 is 12.0. The zero-order valence-electron chi connectivity index (χ0n) is 14.6. The van der Waals surface area contributed by atoms with E-state index in [0.717, 1.165) is 5.56 Å². The number of nitrogens with two attached hydrogens (primary N) is 1. The second-order valence-electron chi connectivity index (χ2n) is 5.99. The first-order valence-corrected chi connectivity index (χ1v) is 9.06. The SMILES string of the molecule is CC(=O)c1c(-c2ccc(Cl)cc2)c(-c2ccc(Cl)cc2)nn(CCN)c1=O. The number of hydrogen-bond donors (Lipinski definition) is 1. The van der Waals surface area contributed by atoms with Gasteiger partial charge >= 0.3 is 0 Å². The number of hydrogen-bond acceptors (Lipinski definition) is 4. The van der Waals surface area contributed by atoms with Gasteiger partial charge in [-0.2, -0.15) is 5.10 Å². The highest BCUT2D eigenvalue weighted by atomic mass is 35.5. The van der Waals surface area contributed by atoms with E-state index in [0.29, 0.717) is 26.9 Å². The highest BCUT2D eigenvalue weighted by Crippen LogP contribution is 2.33. The molecule has 0 bridgehead atoms. The molecule has 0 saturated heterocycles. The maximum atomic E-state index is 12.9. The van der Waals surface area contributed by atoms with Gasteiger partial charge in [0.1, 0.15) is 0 Å². The number of carbonyl (C=O) groups is 1. The van der Waals surface area contributed by atoms with E-state index in [-0.39, 0.29) is 24.4 Å². The summed E-state index contributed by atoms with van der Waals surface area (Å²) in [5.74, 6) is -0.340. The van der Waals surface area contributed by atoms with Crippen molar-refractivity contribution in [2.45, 2.75) is 13.5 Å². The van der Waals surface area contributed by atoms with E-state index in [2.05, 4.69) is 5.10 Å². The molecular weight excluding hydrogens is 385 g/mol. The fraction of sp³-hybridized carbons (Fsp3) is 0.150. The first-order chi connectivity index (χ1) is 12.9. The molecule has 0 radical (unpaired) electrons. The molecular formula is C20H17Cl2N3O2. The van der Waals surface area contributed by atoms with E-state index in [1.54, 1.807) is 48.5 Å². The van der Waals surface area contributed by atoms with Gasteiger partial charge in [-0.05, 0) is 36.8 Å². The maximum Gasteiger partial charge on any atom is 0.278 e. The van der Waals surface area contributed by atoms with Gasteiger partial charge in [-0.15, -0.1) is 0 Å². The number of rotatable bonds is 5. The summed E-state index contributed by atoms with van der Waals surface area (Å²) in [5.41, 5.74) is 7.62. The number of halogens is 2. The largest absolute Gasteiger partial charge is 0.329 e. The first-order valence-electron chi connectivity index (χ1n) is 8.30. The van der Waals surface area contributed by atoms with Gasteiger partial charge in [-0.25, -0.2) is 4.68 Å². The molecule has 3 rings (SSSR count). The molecule has 1 aromatic heterocycles. The minimum absolute atomic E-state index is 0.0747. The maximum absolute atomic E-state index is 12.9. The molecule has 27 heavy (non-hydrogen) atoms. The van der Waals surface area contributed by atoms with Gasteiger partial charge in [0.15, 0.2) is 5.78 Å². The van der Waals surface area contributed by atoms with Crippen LogP contribution in [0.2, 0.25) is 10.0 Å². The van der Waals surface area contributed by atoms with Gasteiger partial charge in [0.05, 0.1) is 17.8 Å². The molecule has 0 spiro atoms. The van der Waals surface area contributed by atoms with Crippen LogP contribution in [0.25, 0.3) is 22.4 Å². The third-order valence-electron chi connectivity index (χ3n) is 4.10. The van der Waals surface area contributed by atoms with Gasteiger partial charge < -0.3 is 5.73 Å². The molecule has 7 heteroatoms. The van der Waals surface area contributed by atoms with Crippen LogP contribution < -0.4 is 11.3 Å².